The van der Waals surface area contributed by atoms with Gasteiger partial charge >= 0.3 is 0 Å². The van der Waals surface area contributed by atoms with E-state index in [-0.39, 0.29) is 17.9 Å². The highest BCUT2D eigenvalue weighted by Gasteiger charge is 2.17. The van der Waals surface area contributed by atoms with Crippen molar-refractivity contribution in [2.24, 2.45) is 0 Å². The summed E-state index contributed by atoms with van der Waals surface area (Å²) in [5.41, 5.74) is 3.72. The summed E-state index contributed by atoms with van der Waals surface area (Å²) in [5.74, 6) is -0.420. The molecule has 1 aliphatic carbocycles. The third-order valence-electron chi connectivity index (χ3n) is 5.31. The van der Waals surface area contributed by atoms with Gasteiger partial charge in [-0.1, -0.05) is 37.8 Å². The Hall–Kier alpha value is -2.69. The Balaban J connectivity index is 1.69. The molecule has 3 rings (SSSR count). The maximum Gasteiger partial charge on any atom is 0.257 e. The summed E-state index contributed by atoms with van der Waals surface area (Å²) in [6.07, 6.45) is 9.83. The largest absolute Gasteiger partial charge is 0.349 e. The van der Waals surface area contributed by atoms with Crippen LogP contribution in [0.2, 0.25) is 0 Å². The molecule has 2 amide bonds. The number of benzene rings is 1. The second kappa shape index (κ2) is 8.80. The van der Waals surface area contributed by atoms with Gasteiger partial charge in [0, 0.05) is 24.1 Å². The molecule has 1 fully saturated rings. The van der Waals surface area contributed by atoms with Crippen LogP contribution in [0.5, 0.6) is 0 Å². The quantitative estimate of drug-likeness (QED) is 0.789. The van der Waals surface area contributed by atoms with Crippen molar-refractivity contribution in [3.05, 3.63) is 58.9 Å². The first-order chi connectivity index (χ1) is 13.0. The van der Waals surface area contributed by atoms with Crippen LogP contribution in [0.25, 0.3) is 0 Å². The number of hydrogen-bond acceptors (Lipinski definition) is 3. The zero-order chi connectivity index (χ0) is 19.2. The topological polar surface area (TPSA) is 71.1 Å². The minimum atomic E-state index is -0.264. The molecular weight excluding hydrogens is 338 g/mol. The molecule has 0 aliphatic heterocycles. The molecule has 2 aromatic rings. The summed E-state index contributed by atoms with van der Waals surface area (Å²) in [7, 11) is 0. The van der Waals surface area contributed by atoms with E-state index in [4.69, 9.17) is 0 Å². The maximum atomic E-state index is 12.6. The minimum absolute atomic E-state index is 0.157. The average molecular weight is 365 g/mol. The van der Waals surface area contributed by atoms with Gasteiger partial charge < -0.3 is 10.6 Å². The smallest absolute Gasteiger partial charge is 0.257 e. The summed E-state index contributed by atoms with van der Waals surface area (Å²) in [4.78, 5) is 29.3. The molecule has 142 valence electrons. The number of hydrogen-bond donors (Lipinski definition) is 2. The monoisotopic (exact) mass is 365 g/mol. The van der Waals surface area contributed by atoms with E-state index in [2.05, 4.69) is 15.6 Å². The van der Waals surface area contributed by atoms with E-state index in [0.717, 1.165) is 42.5 Å². The van der Waals surface area contributed by atoms with Gasteiger partial charge in [0.25, 0.3) is 11.8 Å². The lowest BCUT2D eigenvalue weighted by Gasteiger charge is -2.16. The summed E-state index contributed by atoms with van der Waals surface area (Å²) >= 11 is 0. The first-order valence-electron chi connectivity index (χ1n) is 9.68. The Morgan fingerprint density at radius 2 is 1.63 bits per heavy atom. The number of nitrogens with zero attached hydrogens (tertiary/aromatic N) is 1. The molecule has 1 aromatic heterocycles. The van der Waals surface area contributed by atoms with Crippen LogP contribution in [-0.2, 0) is 0 Å². The van der Waals surface area contributed by atoms with Crippen LogP contribution >= 0.6 is 0 Å². The van der Waals surface area contributed by atoms with E-state index in [9.17, 15) is 9.59 Å². The summed E-state index contributed by atoms with van der Waals surface area (Å²) in [5, 5.41) is 6.01. The first-order valence-corrected chi connectivity index (χ1v) is 9.68. The molecule has 1 saturated carbocycles. The average Bonchev–Trinajstić information content (AvgIpc) is 2.94. The lowest BCUT2D eigenvalue weighted by molar-refractivity contribution is 0.0933. The number of carbonyl (C=O) groups is 2. The van der Waals surface area contributed by atoms with E-state index in [1.165, 1.54) is 25.2 Å². The number of aryl methyl sites for hydroxylation is 1. The van der Waals surface area contributed by atoms with Crippen molar-refractivity contribution in [1.29, 1.82) is 0 Å². The number of pyridine rings is 1. The Morgan fingerprint density at radius 1 is 0.963 bits per heavy atom. The van der Waals surface area contributed by atoms with Gasteiger partial charge in [-0.2, -0.15) is 0 Å². The lowest BCUT2D eigenvalue weighted by atomic mass is 10.1. The van der Waals surface area contributed by atoms with Gasteiger partial charge in [-0.05, 0) is 49.9 Å². The zero-order valence-corrected chi connectivity index (χ0v) is 16.0. The lowest BCUT2D eigenvalue weighted by Crippen LogP contribution is -2.34. The van der Waals surface area contributed by atoms with Crippen molar-refractivity contribution < 1.29 is 9.59 Å². The van der Waals surface area contributed by atoms with Gasteiger partial charge in [-0.3, -0.25) is 14.6 Å². The van der Waals surface area contributed by atoms with Gasteiger partial charge in [0.15, 0.2) is 0 Å². The van der Waals surface area contributed by atoms with Crippen molar-refractivity contribution in [1.82, 2.24) is 10.3 Å². The van der Waals surface area contributed by atoms with Crippen LogP contribution in [-0.4, -0.2) is 22.8 Å². The van der Waals surface area contributed by atoms with E-state index >= 15 is 0 Å². The van der Waals surface area contributed by atoms with Crippen molar-refractivity contribution in [2.45, 2.75) is 58.4 Å². The van der Waals surface area contributed by atoms with Gasteiger partial charge in [0.05, 0.1) is 11.1 Å². The van der Waals surface area contributed by atoms with Crippen molar-refractivity contribution in [3.63, 3.8) is 0 Å². The normalized spacial score (nSPS) is 15.0. The van der Waals surface area contributed by atoms with Crippen LogP contribution in [0.1, 0.15) is 70.4 Å². The van der Waals surface area contributed by atoms with Gasteiger partial charge in [0.2, 0.25) is 0 Å². The zero-order valence-electron chi connectivity index (χ0n) is 16.0. The molecule has 0 saturated heterocycles. The second-order valence-electron chi connectivity index (χ2n) is 7.33. The van der Waals surface area contributed by atoms with Crippen molar-refractivity contribution in [2.75, 3.05) is 5.32 Å². The molecule has 27 heavy (non-hydrogen) atoms. The molecule has 1 aromatic carbocycles. The predicted molar refractivity (Wildman–Crippen MR) is 107 cm³/mol. The molecule has 0 atom stereocenters. The molecular formula is C22H27N3O2. The Labute approximate surface area is 160 Å². The third-order valence-corrected chi connectivity index (χ3v) is 5.31. The highest BCUT2D eigenvalue weighted by Crippen LogP contribution is 2.20. The molecule has 0 bridgehead atoms. The Kier molecular flexibility index (Phi) is 6.22. The van der Waals surface area contributed by atoms with Crippen LogP contribution < -0.4 is 10.6 Å². The SMILES string of the molecule is Cc1cccc(NC(=O)c2cncc(C(=O)NC3CCCCCC3)c2)c1C. The molecule has 5 heteroatoms. The van der Waals surface area contributed by atoms with E-state index in [0.29, 0.717) is 11.1 Å². The molecule has 0 radical (unpaired) electrons. The summed E-state index contributed by atoms with van der Waals surface area (Å²) in [6, 6.07) is 7.61. The Morgan fingerprint density at radius 3 is 2.33 bits per heavy atom. The van der Waals surface area contributed by atoms with Gasteiger partial charge in [-0.15, -0.1) is 0 Å². The Bertz CT molecular complexity index is 824. The number of anilines is 1. The number of carbonyl (C=O) groups excluding carboxylic acids is 2. The molecule has 1 heterocycles. The standard InChI is InChI=1S/C22H27N3O2/c1-15-8-7-11-20(16(15)2)25-22(27)18-12-17(13-23-14-18)21(26)24-19-9-5-3-4-6-10-19/h7-8,11-14,19H,3-6,9-10H2,1-2H3,(H,24,26)(H,25,27). The van der Waals surface area contributed by atoms with Crippen molar-refractivity contribution >= 4 is 17.5 Å². The first kappa shape index (κ1) is 19.1. The van der Waals surface area contributed by atoms with Crippen LogP contribution in [0.3, 0.4) is 0 Å². The van der Waals surface area contributed by atoms with E-state index in [1.807, 2.05) is 32.0 Å². The highest BCUT2D eigenvalue weighted by molar-refractivity contribution is 6.06. The molecule has 1 aliphatic rings. The number of aromatic nitrogens is 1. The van der Waals surface area contributed by atoms with E-state index in [1.54, 1.807) is 6.07 Å². The maximum absolute atomic E-state index is 12.6. The fourth-order valence-electron chi connectivity index (χ4n) is 3.46. The second-order valence-corrected chi connectivity index (χ2v) is 7.33. The van der Waals surface area contributed by atoms with Gasteiger partial charge in [-0.25, -0.2) is 0 Å². The number of nitrogens with one attached hydrogen (secondary N) is 2. The number of amides is 2. The third kappa shape index (κ3) is 4.94. The minimum Gasteiger partial charge on any atom is -0.349 e. The fraction of sp³-hybridized carbons (Fsp3) is 0.409. The number of rotatable bonds is 4. The van der Waals surface area contributed by atoms with Gasteiger partial charge in [0.1, 0.15) is 0 Å². The molecule has 5 nitrogen and oxygen atoms in total. The summed E-state index contributed by atoms with van der Waals surface area (Å²) < 4.78 is 0. The van der Waals surface area contributed by atoms with Crippen LogP contribution in [0, 0.1) is 13.8 Å². The molecule has 0 unspecified atom stereocenters. The van der Waals surface area contributed by atoms with Crippen LogP contribution in [0.15, 0.2) is 36.7 Å². The highest BCUT2D eigenvalue weighted by atomic mass is 16.2. The molecule has 0 spiro atoms. The predicted octanol–water partition coefficient (Wildman–Crippen LogP) is 4.40. The van der Waals surface area contributed by atoms with E-state index < -0.39 is 0 Å². The fourth-order valence-corrected chi connectivity index (χ4v) is 3.46. The molecule has 2 N–H and O–H groups in total. The van der Waals surface area contributed by atoms with Crippen LogP contribution in [0.4, 0.5) is 5.69 Å². The van der Waals surface area contributed by atoms with Crippen molar-refractivity contribution in [3.8, 4) is 0 Å². The summed E-state index contributed by atoms with van der Waals surface area (Å²) in [6.45, 7) is 3.98.